The molecule has 0 aliphatic carbocycles. The summed E-state index contributed by atoms with van der Waals surface area (Å²) in [6.45, 7) is 7.38. The highest BCUT2D eigenvalue weighted by molar-refractivity contribution is 6.05. The molecule has 1 N–H and O–H groups in total. The average molecular weight is 349 g/mol. The van der Waals surface area contributed by atoms with E-state index in [-0.39, 0.29) is 18.2 Å². The molecule has 0 aromatic carbocycles. The molecule has 1 aliphatic heterocycles. The van der Waals surface area contributed by atoms with Crippen molar-refractivity contribution in [3.05, 3.63) is 18.0 Å². The molecule has 8 nitrogen and oxygen atoms in total. The van der Waals surface area contributed by atoms with Gasteiger partial charge in [0, 0.05) is 38.4 Å². The first kappa shape index (κ1) is 19.0. The second-order valence-corrected chi connectivity index (χ2v) is 6.89. The predicted octanol–water partition coefficient (Wildman–Crippen LogP) is 1.13. The van der Waals surface area contributed by atoms with Crippen molar-refractivity contribution >= 4 is 17.8 Å². The maximum absolute atomic E-state index is 12.7. The number of nitrogens with one attached hydrogen (secondary N) is 1. The van der Waals surface area contributed by atoms with Gasteiger partial charge in [-0.2, -0.15) is 5.10 Å². The lowest BCUT2D eigenvalue weighted by Crippen LogP contribution is -2.40. The van der Waals surface area contributed by atoms with Crippen LogP contribution in [0.2, 0.25) is 0 Å². The van der Waals surface area contributed by atoms with E-state index in [1.165, 1.54) is 4.90 Å². The zero-order valence-corrected chi connectivity index (χ0v) is 15.4. The monoisotopic (exact) mass is 349 g/mol. The highest BCUT2D eigenvalue weighted by atomic mass is 16.2. The summed E-state index contributed by atoms with van der Waals surface area (Å²) in [5.41, 5.74) is 0.936. The van der Waals surface area contributed by atoms with Crippen molar-refractivity contribution in [1.29, 1.82) is 0 Å². The smallest absolute Gasteiger partial charge is 0.324 e. The zero-order chi connectivity index (χ0) is 18.6. The number of nitrogens with zero attached hydrogens (tertiary/aromatic N) is 4. The number of carbonyl (C=O) groups excluding carboxylic acids is 3. The van der Waals surface area contributed by atoms with Crippen LogP contribution in [-0.4, -0.2) is 56.6 Å². The summed E-state index contributed by atoms with van der Waals surface area (Å²) in [5.74, 6) is -0.160. The Kier molecular flexibility index (Phi) is 6.17. The van der Waals surface area contributed by atoms with Crippen molar-refractivity contribution in [3.8, 4) is 0 Å². The van der Waals surface area contributed by atoms with Crippen LogP contribution in [0.1, 0.15) is 39.2 Å². The van der Waals surface area contributed by atoms with Crippen LogP contribution in [0.4, 0.5) is 4.79 Å². The van der Waals surface area contributed by atoms with Crippen LogP contribution < -0.4 is 5.32 Å². The maximum Gasteiger partial charge on any atom is 0.324 e. The van der Waals surface area contributed by atoms with Crippen LogP contribution in [0.15, 0.2) is 12.4 Å². The van der Waals surface area contributed by atoms with E-state index in [4.69, 9.17) is 0 Å². The number of amides is 4. The molecule has 138 valence electrons. The molecule has 0 saturated carbocycles. The van der Waals surface area contributed by atoms with Crippen molar-refractivity contribution in [3.63, 3.8) is 0 Å². The average Bonchev–Trinajstić information content (AvgIpc) is 3.05. The van der Waals surface area contributed by atoms with Gasteiger partial charge in [0.2, 0.25) is 5.91 Å². The van der Waals surface area contributed by atoms with E-state index in [2.05, 4.69) is 10.4 Å². The molecule has 8 heteroatoms. The predicted molar refractivity (Wildman–Crippen MR) is 92.4 cm³/mol. The Morgan fingerprint density at radius 2 is 2.12 bits per heavy atom. The Labute approximate surface area is 148 Å². The number of hydrogen-bond donors (Lipinski definition) is 1. The molecule has 0 spiro atoms. The molecular weight excluding hydrogens is 322 g/mol. The third-order valence-electron chi connectivity index (χ3n) is 4.00. The van der Waals surface area contributed by atoms with Crippen LogP contribution in [-0.2, 0) is 23.2 Å². The lowest BCUT2D eigenvalue weighted by Gasteiger charge is -2.25. The first-order valence-corrected chi connectivity index (χ1v) is 8.69. The van der Waals surface area contributed by atoms with E-state index in [1.807, 2.05) is 34.0 Å². The second kappa shape index (κ2) is 8.13. The fourth-order valence-corrected chi connectivity index (χ4v) is 2.92. The summed E-state index contributed by atoms with van der Waals surface area (Å²) in [6, 6.07) is -1.18. The van der Waals surface area contributed by atoms with Gasteiger partial charge in [-0.05, 0) is 12.3 Å². The number of urea groups is 1. The fraction of sp³-hybridized carbons (Fsp3) is 0.647. The molecule has 1 fully saturated rings. The molecule has 2 rings (SSSR count). The van der Waals surface area contributed by atoms with Crippen molar-refractivity contribution in [2.24, 2.45) is 13.0 Å². The summed E-state index contributed by atoms with van der Waals surface area (Å²) in [6.07, 6.45) is 4.27. The normalized spacial score (nSPS) is 17.3. The summed E-state index contributed by atoms with van der Waals surface area (Å²) < 4.78 is 1.69. The minimum absolute atomic E-state index is 0.0161. The SMILES string of the molecule is CCCN1C(=O)NC(CC(=O)N(Cc2cnn(C)c2)CC(C)C)C1=O. The molecule has 1 unspecified atom stereocenters. The van der Waals surface area contributed by atoms with Crippen molar-refractivity contribution in [2.75, 3.05) is 13.1 Å². The van der Waals surface area contributed by atoms with Gasteiger partial charge < -0.3 is 10.2 Å². The summed E-state index contributed by atoms with van der Waals surface area (Å²) >= 11 is 0. The third kappa shape index (κ3) is 4.80. The minimum atomic E-state index is -0.768. The van der Waals surface area contributed by atoms with Crippen LogP contribution in [0.25, 0.3) is 0 Å². The van der Waals surface area contributed by atoms with E-state index >= 15 is 0 Å². The van der Waals surface area contributed by atoms with Gasteiger partial charge in [0.1, 0.15) is 6.04 Å². The Morgan fingerprint density at radius 3 is 2.68 bits per heavy atom. The van der Waals surface area contributed by atoms with Crippen LogP contribution in [0.3, 0.4) is 0 Å². The molecule has 25 heavy (non-hydrogen) atoms. The summed E-state index contributed by atoms with van der Waals surface area (Å²) in [5, 5.41) is 6.74. The first-order chi connectivity index (χ1) is 11.8. The van der Waals surface area contributed by atoms with Gasteiger partial charge in [-0.15, -0.1) is 0 Å². The topological polar surface area (TPSA) is 87.5 Å². The Morgan fingerprint density at radius 1 is 1.40 bits per heavy atom. The highest BCUT2D eigenvalue weighted by Crippen LogP contribution is 2.14. The Balaban J connectivity index is 2.04. The second-order valence-electron chi connectivity index (χ2n) is 6.89. The lowest BCUT2D eigenvalue weighted by molar-refractivity contribution is -0.136. The van der Waals surface area contributed by atoms with E-state index in [9.17, 15) is 14.4 Å². The molecular formula is C17H27N5O3. The zero-order valence-electron chi connectivity index (χ0n) is 15.4. The molecule has 1 aromatic heterocycles. The van der Waals surface area contributed by atoms with Gasteiger partial charge in [0.15, 0.2) is 0 Å². The number of carbonyl (C=O) groups is 3. The van der Waals surface area contributed by atoms with Gasteiger partial charge in [-0.25, -0.2) is 4.79 Å². The van der Waals surface area contributed by atoms with Gasteiger partial charge in [0.25, 0.3) is 5.91 Å². The molecule has 0 bridgehead atoms. The molecule has 4 amide bonds. The number of hydrogen-bond acceptors (Lipinski definition) is 4. The van der Waals surface area contributed by atoms with Gasteiger partial charge in [-0.1, -0.05) is 20.8 Å². The van der Waals surface area contributed by atoms with Crippen LogP contribution in [0.5, 0.6) is 0 Å². The van der Waals surface area contributed by atoms with Crippen molar-refractivity contribution in [2.45, 2.75) is 46.2 Å². The van der Waals surface area contributed by atoms with Crippen molar-refractivity contribution < 1.29 is 14.4 Å². The Hall–Kier alpha value is -2.38. The first-order valence-electron chi connectivity index (χ1n) is 8.69. The van der Waals surface area contributed by atoms with E-state index in [0.717, 1.165) is 5.56 Å². The molecule has 1 saturated heterocycles. The lowest BCUT2D eigenvalue weighted by atomic mass is 10.1. The number of rotatable bonds is 8. The van der Waals surface area contributed by atoms with E-state index in [0.29, 0.717) is 32.0 Å². The van der Waals surface area contributed by atoms with Crippen LogP contribution in [0, 0.1) is 5.92 Å². The largest absolute Gasteiger partial charge is 0.338 e. The van der Waals surface area contributed by atoms with Crippen molar-refractivity contribution in [1.82, 2.24) is 24.9 Å². The van der Waals surface area contributed by atoms with Gasteiger partial charge in [-0.3, -0.25) is 19.2 Å². The third-order valence-corrected chi connectivity index (χ3v) is 4.00. The highest BCUT2D eigenvalue weighted by Gasteiger charge is 2.39. The molecule has 1 aliphatic rings. The number of aryl methyl sites for hydroxylation is 1. The standard InChI is InChI=1S/C17H27N5O3/c1-5-6-22-16(24)14(19-17(22)25)7-15(23)21(9-12(2)3)11-13-8-18-20(4)10-13/h8,10,12,14H,5-7,9,11H2,1-4H3,(H,19,25). The molecule has 2 heterocycles. The molecule has 1 atom stereocenters. The Bertz CT molecular complexity index is 640. The summed E-state index contributed by atoms with van der Waals surface area (Å²) in [7, 11) is 1.83. The quantitative estimate of drug-likeness (QED) is 0.713. The minimum Gasteiger partial charge on any atom is -0.338 e. The van der Waals surface area contributed by atoms with E-state index in [1.54, 1.807) is 15.8 Å². The van der Waals surface area contributed by atoms with E-state index < -0.39 is 12.1 Å². The molecule has 1 aromatic rings. The number of aromatic nitrogens is 2. The van der Waals surface area contributed by atoms with Gasteiger partial charge in [0.05, 0.1) is 12.6 Å². The fourth-order valence-electron chi connectivity index (χ4n) is 2.92. The summed E-state index contributed by atoms with van der Waals surface area (Å²) in [4.78, 5) is 39.8. The number of imide groups is 1. The molecule has 0 radical (unpaired) electrons. The van der Waals surface area contributed by atoms with Gasteiger partial charge >= 0.3 is 6.03 Å². The van der Waals surface area contributed by atoms with Crippen LogP contribution >= 0.6 is 0 Å². The maximum atomic E-state index is 12.7.